The maximum absolute atomic E-state index is 12.3. The molecule has 0 aromatic heterocycles. The second-order valence-electron chi connectivity index (χ2n) is 4.54. The van der Waals surface area contributed by atoms with Crippen molar-refractivity contribution in [1.29, 1.82) is 0 Å². The van der Waals surface area contributed by atoms with E-state index in [1.54, 1.807) is 23.6 Å². The summed E-state index contributed by atoms with van der Waals surface area (Å²) in [4.78, 5) is 26.7. The number of piperazine rings is 1. The van der Waals surface area contributed by atoms with Crippen LogP contribution in [0.2, 0.25) is 0 Å². The maximum Gasteiger partial charge on any atom is 0.242 e. The van der Waals surface area contributed by atoms with E-state index in [0.717, 1.165) is 10.5 Å². The minimum atomic E-state index is -0.373. The van der Waals surface area contributed by atoms with Crippen LogP contribution in [0.4, 0.5) is 0 Å². The fraction of sp³-hybridized carbons (Fsp3) is 0.429. The normalized spacial score (nSPS) is 19.2. The van der Waals surface area contributed by atoms with Gasteiger partial charge in [-0.05, 0) is 24.8 Å². The molecule has 1 atom stereocenters. The van der Waals surface area contributed by atoms with Gasteiger partial charge in [0.05, 0.1) is 6.42 Å². The summed E-state index contributed by atoms with van der Waals surface area (Å²) in [6.07, 6.45) is 2.36. The standard InChI is InChI=1S/C14H18N2O2S/c1-10-14(18)15-7-8-16(10)13(17)9-11-5-3-4-6-12(11)19-2/h3-6,10H,7-9H2,1-2H3,(H,15,18). The van der Waals surface area contributed by atoms with E-state index in [1.165, 1.54) is 0 Å². The highest BCUT2D eigenvalue weighted by atomic mass is 32.2. The van der Waals surface area contributed by atoms with Gasteiger partial charge in [0, 0.05) is 18.0 Å². The Balaban J connectivity index is 2.10. The first-order chi connectivity index (χ1) is 9.13. The molecule has 2 rings (SSSR count). The Morgan fingerprint density at radius 3 is 2.95 bits per heavy atom. The monoisotopic (exact) mass is 278 g/mol. The van der Waals surface area contributed by atoms with Gasteiger partial charge in [-0.3, -0.25) is 9.59 Å². The van der Waals surface area contributed by atoms with Crippen LogP contribution in [0.25, 0.3) is 0 Å². The van der Waals surface area contributed by atoms with E-state index in [2.05, 4.69) is 5.32 Å². The summed E-state index contributed by atoms with van der Waals surface area (Å²) in [5, 5.41) is 2.77. The lowest BCUT2D eigenvalue weighted by Crippen LogP contribution is -2.56. The van der Waals surface area contributed by atoms with Crippen LogP contribution >= 0.6 is 11.8 Å². The minimum Gasteiger partial charge on any atom is -0.353 e. The number of carbonyl (C=O) groups is 2. The van der Waals surface area contributed by atoms with E-state index < -0.39 is 0 Å². The maximum atomic E-state index is 12.3. The second kappa shape index (κ2) is 6.10. The van der Waals surface area contributed by atoms with Gasteiger partial charge < -0.3 is 10.2 Å². The number of hydrogen-bond acceptors (Lipinski definition) is 3. The van der Waals surface area contributed by atoms with E-state index in [4.69, 9.17) is 0 Å². The summed E-state index contributed by atoms with van der Waals surface area (Å²) < 4.78 is 0. The fourth-order valence-corrected chi connectivity index (χ4v) is 2.85. The second-order valence-corrected chi connectivity index (χ2v) is 5.39. The zero-order valence-corrected chi connectivity index (χ0v) is 12.0. The average Bonchev–Trinajstić information content (AvgIpc) is 2.42. The molecule has 19 heavy (non-hydrogen) atoms. The topological polar surface area (TPSA) is 49.4 Å². The first-order valence-corrected chi connectivity index (χ1v) is 7.55. The zero-order chi connectivity index (χ0) is 13.8. The number of thioether (sulfide) groups is 1. The van der Waals surface area contributed by atoms with Crippen LogP contribution in [0.5, 0.6) is 0 Å². The predicted molar refractivity (Wildman–Crippen MR) is 76.1 cm³/mol. The van der Waals surface area contributed by atoms with Crippen LogP contribution in [0.15, 0.2) is 29.2 Å². The molecule has 5 heteroatoms. The van der Waals surface area contributed by atoms with Crippen molar-refractivity contribution in [3.05, 3.63) is 29.8 Å². The SMILES string of the molecule is CSc1ccccc1CC(=O)N1CCNC(=O)C1C. The Morgan fingerprint density at radius 1 is 1.47 bits per heavy atom. The molecule has 102 valence electrons. The molecule has 1 aromatic carbocycles. The lowest BCUT2D eigenvalue weighted by Gasteiger charge is -2.33. The molecule has 1 aromatic rings. The Bertz CT molecular complexity index is 490. The smallest absolute Gasteiger partial charge is 0.242 e. The molecule has 1 saturated heterocycles. The number of hydrogen-bond donors (Lipinski definition) is 1. The molecule has 0 spiro atoms. The third-order valence-corrected chi connectivity index (χ3v) is 4.19. The Kier molecular flexibility index (Phi) is 4.47. The van der Waals surface area contributed by atoms with Crippen LogP contribution < -0.4 is 5.32 Å². The van der Waals surface area contributed by atoms with Crippen molar-refractivity contribution >= 4 is 23.6 Å². The number of rotatable bonds is 3. The van der Waals surface area contributed by atoms with Crippen LogP contribution in [0.3, 0.4) is 0 Å². The zero-order valence-electron chi connectivity index (χ0n) is 11.2. The summed E-state index contributed by atoms with van der Waals surface area (Å²) >= 11 is 1.64. The number of nitrogens with one attached hydrogen (secondary N) is 1. The van der Waals surface area contributed by atoms with Gasteiger partial charge in [0.1, 0.15) is 6.04 Å². The van der Waals surface area contributed by atoms with Crippen LogP contribution in [0, 0.1) is 0 Å². The molecule has 1 heterocycles. The molecular formula is C14H18N2O2S. The molecule has 0 aliphatic carbocycles. The van der Waals surface area contributed by atoms with E-state index in [-0.39, 0.29) is 17.9 Å². The van der Waals surface area contributed by atoms with Crippen molar-refractivity contribution in [2.75, 3.05) is 19.3 Å². The molecule has 2 amide bonds. The largest absolute Gasteiger partial charge is 0.353 e. The molecule has 1 N–H and O–H groups in total. The van der Waals surface area contributed by atoms with Crippen LogP contribution in [-0.4, -0.2) is 42.1 Å². The minimum absolute atomic E-state index is 0.0175. The molecule has 1 fully saturated rings. The molecule has 1 aliphatic rings. The van der Waals surface area contributed by atoms with Crippen LogP contribution in [0.1, 0.15) is 12.5 Å². The predicted octanol–water partition coefficient (Wildman–Crippen LogP) is 1.30. The van der Waals surface area contributed by atoms with Gasteiger partial charge in [-0.1, -0.05) is 18.2 Å². The highest BCUT2D eigenvalue weighted by molar-refractivity contribution is 7.98. The summed E-state index contributed by atoms with van der Waals surface area (Å²) in [5.74, 6) is -0.0541. The number of amides is 2. The summed E-state index contributed by atoms with van der Waals surface area (Å²) in [6.45, 7) is 2.90. The Morgan fingerprint density at radius 2 is 2.21 bits per heavy atom. The average molecular weight is 278 g/mol. The van der Waals surface area contributed by atoms with Crippen molar-refractivity contribution in [3.8, 4) is 0 Å². The quantitative estimate of drug-likeness (QED) is 0.848. The molecule has 0 radical (unpaired) electrons. The van der Waals surface area contributed by atoms with Gasteiger partial charge in [-0.25, -0.2) is 0 Å². The summed E-state index contributed by atoms with van der Waals surface area (Å²) in [7, 11) is 0. The van der Waals surface area contributed by atoms with Gasteiger partial charge in [0.25, 0.3) is 0 Å². The van der Waals surface area contributed by atoms with E-state index >= 15 is 0 Å². The van der Waals surface area contributed by atoms with Crippen molar-refractivity contribution in [1.82, 2.24) is 10.2 Å². The van der Waals surface area contributed by atoms with Gasteiger partial charge in [-0.15, -0.1) is 11.8 Å². The fourth-order valence-electron chi connectivity index (χ4n) is 2.24. The van der Waals surface area contributed by atoms with Gasteiger partial charge in [0.2, 0.25) is 11.8 Å². The lowest BCUT2D eigenvalue weighted by molar-refractivity contribution is -0.142. The molecule has 0 bridgehead atoms. The first-order valence-electron chi connectivity index (χ1n) is 6.32. The van der Waals surface area contributed by atoms with Gasteiger partial charge in [0.15, 0.2) is 0 Å². The third-order valence-electron chi connectivity index (χ3n) is 3.35. The van der Waals surface area contributed by atoms with Gasteiger partial charge in [-0.2, -0.15) is 0 Å². The highest BCUT2D eigenvalue weighted by Crippen LogP contribution is 2.21. The number of benzene rings is 1. The Labute approximate surface area is 117 Å². The molecule has 1 aliphatic heterocycles. The van der Waals surface area contributed by atoms with E-state index in [0.29, 0.717) is 19.5 Å². The third kappa shape index (κ3) is 3.10. The van der Waals surface area contributed by atoms with E-state index in [1.807, 2.05) is 30.5 Å². The summed E-state index contributed by atoms with van der Waals surface area (Å²) in [5.41, 5.74) is 1.03. The van der Waals surface area contributed by atoms with Crippen molar-refractivity contribution in [2.24, 2.45) is 0 Å². The number of carbonyl (C=O) groups excluding carboxylic acids is 2. The van der Waals surface area contributed by atoms with Crippen molar-refractivity contribution in [2.45, 2.75) is 24.3 Å². The molecule has 1 unspecified atom stereocenters. The Hall–Kier alpha value is -1.49. The summed E-state index contributed by atoms with van der Waals surface area (Å²) in [6, 6.07) is 7.52. The highest BCUT2D eigenvalue weighted by Gasteiger charge is 2.29. The van der Waals surface area contributed by atoms with Crippen molar-refractivity contribution < 1.29 is 9.59 Å². The number of nitrogens with zero attached hydrogens (tertiary/aromatic N) is 1. The van der Waals surface area contributed by atoms with Gasteiger partial charge >= 0.3 is 0 Å². The van der Waals surface area contributed by atoms with Crippen LogP contribution in [-0.2, 0) is 16.0 Å². The molecule has 4 nitrogen and oxygen atoms in total. The van der Waals surface area contributed by atoms with E-state index in [9.17, 15) is 9.59 Å². The van der Waals surface area contributed by atoms with Crippen molar-refractivity contribution in [3.63, 3.8) is 0 Å². The lowest BCUT2D eigenvalue weighted by atomic mass is 10.1. The molecular weight excluding hydrogens is 260 g/mol. The first kappa shape index (κ1) is 13.9. The molecule has 0 saturated carbocycles.